The maximum absolute atomic E-state index is 5.38. The lowest BCUT2D eigenvalue weighted by Crippen LogP contribution is -2.28. The van der Waals surface area contributed by atoms with Gasteiger partial charge < -0.3 is 14.8 Å². The zero-order valence-electron chi connectivity index (χ0n) is 11.9. The van der Waals surface area contributed by atoms with Crippen molar-refractivity contribution in [2.75, 3.05) is 12.5 Å². The Morgan fingerprint density at radius 2 is 2.20 bits per heavy atom. The lowest BCUT2D eigenvalue weighted by molar-refractivity contribution is 0.174. The van der Waals surface area contributed by atoms with Gasteiger partial charge in [0.15, 0.2) is 16.7 Å². The SMILES string of the molecule is CC(C)CC1CSC(=NCc2ccc3c(c2)OCO3)N1. The maximum atomic E-state index is 5.38. The van der Waals surface area contributed by atoms with E-state index in [0.717, 1.165) is 33.9 Å². The highest BCUT2D eigenvalue weighted by molar-refractivity contribution is 8.14. The summed E-state index contributed by atoms with van der Waals surface area (Å²) in [7, 11) is 0. The van der Waals surface area contributed by atoms with Gasteiger partial charge in [-0.15, -0.1) is 0 Å². The monoisotopic (exact) mass is 292 g/mol. The van der Waals surface area contributed by atoms with Gasteiger partial charge in [0.05, 0.1) is 6.54 Å². The minimum absolute atomic E-state index is 0.321. The van der Waals surface area contributed by atoms with Gasteiger partial charge in [-0.2, -0.15) is 0 Å². The van der Waals surface area contributed by atoms with Gasteiger partial charge in [0.2, 0.25) is 6.79 Å². The molecule has 0 aromatic heterocycles. The van der Waals surface area contributed by atoms with Gasteiger partial charge in [-0.05, 0) is 30.0 Å². The molecule has 2 aliphatic rings. The van der Waals surface area contributed by atoms with Crippen LogP contribution in [0.3, 0.4) is 0 Å². The molecule has 2 heterocycles. The van der Waals surface area contributed by atoms with Gasteiger partial charge in [-0.25, -0.2) is 0 Å². The van der Waals surface area contributed by atoms with E-state index in [9.17, 15) is 0 Å². The van der Waals surface area contributed by atoms with Crippen molar-refractivity contribution in [2.45, 2.75) is 32.9 Å². The quantitative estimate of drug-likeness (QED) is 0.926. The number of nitrogens with zero attached hydrogens (tertiary/aromatic N) is 1. The van der Waals surface area contributed by atoms with Gasteiger partial charge in [0, 0.05) is 11.8 Å². The Kier molecular flexibility index (Phi) is 4.05. The van der Waals surface area contributed by atoms with E-state index in [0.29, 0.717) is 19.4 Å². The third-order valence-electron chi connectivity index (χ3n) is 3.35. The zero-order valence-corrected chi connectivity index (χ0v) is 12.7. The van der Waals surface area contributed by atoms with Crippen LogP contribution in [0.25, 0.3) is 0 Å². The molecular formula is C15H20N2O2S. The van der Waals surface area contributed by atoms with E-state index in [1.807, 2.05) is 30.0 Å². The smallest absolute Gasteiger partial charge is 0.231 e. The Hall–Kier alpha value is -1.36. The maximum Gasteiger partial charge on any atom is 0.231 e. The summed E-state index contributed by atoms with van der Waals surface area (Å²) in [5.74, 6) is 3.50. The van der Waals surface area contributed by atoms with Crippen molar-refractivity contribution in [3.8, 4) is 11.5 Å². The molecule has 0 aliphatic carbocycles. The molecule has 1 N–H and O–H groups in total. The van der Waals surface area contributed by atoms with E-state index in [-0.39, 0.29) is 0 Å². The van der Waals surface area contributed by atoms with Gasteiger partial charge in [-0.1, -0.05) is 31.7 Å². The number of ether oxygens (including phenoxy) is 2. The van der Waals surface area contributed by atoms with Crippen molar-refractivity contribution in [3.05, 3.63) is 23.8 Å². The van der Waals surface area contributed by atoms with Gasteiger partial charge in [-0.3, -0.25) is 4.99 Å². The minimum atomic E-state index is 0.321. The van der Waals surface area contributed by atoms with Crippen LogP contribution in [0.1, 0.15) is 25.8 Å². The molecule has 3 rings (SSSR count). The van der Waals surface area contributed by atoms with Crippen LogP contribution < -0.4 is 14.8 Å². The van der Waals surface area contributed by atoms with E-state index >= 15 is 0 Å². The van der Waals surface area contributed by atoms with Crippen LogP contribution in [0.2, 0.25) is 0 Å². The summed E-state index contributed by atoms with van der Waals surface area (Å²) >= 11 is 1.82. The zero-order chi connectivity index (χ0) is 13.9. The molecule has 1 aromatic carbocycles. The first kappa shape index (κ1) is 13.6. The molecule has 0 radical (unpaired) electrons. The lowest BCUT2D eigenvalue weighted by atomic mass is 10.1. The molecule has 0 bridgehead atoms. The fraction of sp³-hybridized carbons (Fsp3) is 0.533. The van der Waals surface area contributed by atoms with E-state index in [1.165, 1.54) is 6.42 Å². The van der Waals surface area contributed by atoms with Crippen LogP contribution in [0, 0.1) is 5.92 Å². The van der Waals surface area contributed by atoms with Gasteiger partial charge in [0.1, 0.15) is 0 Å². The van der Waals surface area contributed by atoms with Crippen molar-refractivity contribution in [3.63, 3.8) is 0 Å². The molecule has 5 heteroatoms. The fourth-order valence-corrected chi connectivity index (χ4v) is 3.41. The summed E-state index contributed by atoms with van der Waals surface area (Å²) in [6.45, 7) is 5.52. The Balaban J connectivity index is 1.58. The minimum Gasteiger partial charge on any atom is -0.454 e. The molecule has 1 aromatic rings. The summed E-state index contributed by atoms with van der Waals surface area (Å²) in [6, 6.07) is 6.57. The summed E-state index contributed by atoms with van der Waals surface area (Å²) in [5, 5.41) is 4.57. The average Bonchev–Trinajstić information content (AvgIpc) is 3.03. The molecule has 0 saturated carbocycles. The van der Waals surface area contributed by atoms with Crippen molar-refractivity contribution >= 4 is 16.9 Å². The Labute approximate surface area is 123 Å². The van der Waals surface area contributed by atoms with Crippen LogP contribution >= 0.6 is 11.8 Å². The van der Waals surface area contributed by atoms with Crippen molar-refractivity contribution in [2.24, 2.45) is 10.9 Å². The Morgan fingerprint density at radius 3 is 3.05 bits per heavy atom. The molecule has 20 heavy (non-hydrogen) atoms. The number of benzene rings is 1. The molecule has 0 amide bonds. The molecule has 4 nitrogen and oxygen atoms in total. The normalized spacial score (nSPS) is 22.6. The summed E-state index contributed by atoms with van der Waals surface area (Å²) < 4.78 is 10.7. The number of hydrogen-bond acceptors (Lipinski definition) is 4. The van der Waals surface area contributed by atoms with E-state index in [2.05, 4.69) is 24.2 Å². The molecule has 2 aliphatic heterocycles. The largest absolute Gasteiger partial charge is 0.454 e. The third kappa shape index (κ3) is 3.20. The first-order valence-corrected chi connectivity index (χ1v) is 8.01. The molecule has 1 atom stereocenters. The van der Waals surface area contributed by atoms with Crippen molar-refractivity contribution < 1.29 is 9.47 Å². The number of rotatable bonds is 4. The van der Waals surface area contributed by atoms with Crippen molar-refractivity contribution in [1.29, 1.82) is 0 Å². The highest BCUT2D eigenvalue weighted by atomic mass is 32.2. The van der Waals surface area contributed by atoms with Crippen LogP contribution in [-0.4, -0.2) is 23.8 Å². The predicted molar refractivity (Wildman–Crippen MR) is 82.5 cm³/mol. The summed E-state index contributed by atoms with van der Waals surface area (Å²) in [6.07, 6.45) is 1.20. The van der Waals surface area contributed by atoms with Crippen LogP contribution in [0.4, 0.5) is 0 Å². The van der Waals surface area contributed by atoms with Gasteiger partial charge in [0.25, 0.3) is 0 Å². The topological polar surface area (TPSA) is 42.9 Å². The first-order valence-electron chi connectivity index (χ1n) is 7.03. The second-order valence-corrected chi connectivity index (χ2v) is 6.60. The predicted octanol–water partition coefficient (Wildman–Crippen LogP) is 3.02. The number of aliphatic imine (C=N–C) groups is 1. The van der Waals surface area contributed by atoms with Crippen LogP contribution in [0.5, 0.6) is 11.5 Å². The molecule has 108 valence electrons. The molecule has 1 unspecified atom stereocenters. The number of fused-ring (bicyclic) bond motifs is 1. The highest BCUT2D eigenvalue weighted by Crippen LogP contribution is 2.32. The van der Waals surface area contributed by atoms with E-state index in [1.54, 1.807) is 0 Å². The lowest BCUT2D eigenvalue weighted by Gasteiger charge is -2.11. The van der Waals surface area contributed by atoms with Gasteiger partial charge >= 0.3 is 0 Å². The number of hydrogen-bond donors (Lipinski definition) is 1. The highest BCUT2D eigenvalue weighted by Gasteiger charge is 2.20. The Bertz CT molecular complexity index is 517. The molecule has 1 saturated heterocycles. The van der Waals surface area contributed by atoms with Crippen molar-refractivity contribution in [1.82, 2.24) is 5.32 Å². The summed E-state index contributed by atoms with van der Waals surface area (Å²) in [5.41, 5.74) is 1.15. The summed E-state index contributed by atoms with van der Waals surface area (Å²) in [4.78, 5) is 4.65. The number of nitrogens with one attached hydrogen (secondary N) is 1. The van der Waals surface area contributed by atoms with Crippen LogP contribution in [0.15, 0.2) is 23.2 Å². The standard InChI is InChI=1S/C15H20N2O2S/c1-10(2)5-12-8-20-15(17-12)16-7-11-3-4-13-14(6-11)19-9-18-13/h3-4,6,10,12H,5,7-9H2,1-2H3,(H,16,17). The van der Waals surface area contributed by atoms with Crippen LogP contribution in [-0.2, 0) is 6.54 Å². The van der Waals surface area contributed by atoms with E-state index in [4.69, 9.17) is 9.47 Å². The number of thioether (sulfide) groups is 1. The Morgan fingerprint density at radius 1 is 1.35 bits per heavy atom. The van der Waals surface area contributed by atoms with E-state index < -0.39 is 0 Å². The molecule has 1 fully saturated rings. The number of amidine groups is 1. The molecule has 0 spiro atoms. The second kappa shape index (κ2) is 5.95. The fourth-order valence-electron chi connectivity index (χ4n) is 2.43. The first-order chi connectivity index (χ1) is 9.70. The third-order valence-corrected chi connectivity index (χ3v) is 4.44. The molecular weight excluding hydrogens is 272 g/mol. The second-order valence-electron chi connectivity index (χ2n) is 5.59. The average molecular weight is 292 g/mol.